The van der Waals surface area contributed by atoms with Crippen LogP contribution >= 0.6 is 0 Å². The highest BCUT2D eigenvalue weighted by Crippen LogP contribution is 2.31. The van der Waals surface area contributed by atoms with Crippen molar-refractivity contribution in [2.45, 2.75) is 31.6 Å². The molecule has 1 aromatic heterocycles. The Labute approximate surface area is 94.8 Å². The number of carbonyl (C=O) groups excluding carboxylic acids is 1. The van der Waals surface area contributed by atoms with E-state index in [9.17, 15) is 4.79 Å². The second kappa shape index (κ2) is 4.88. The molecule has 1 saturated carbocycles. The molecule has 1 aromatic rings. The van der Waals surface area contributed by atoms with Gasteiger partial charge in [-0.25, -0.2) is 9.97 Å². The Balaban J connectivity index is 2.03. The molecule has 4 nitrogen and oxygen atoms in total. The minimum Gasteiger partial charge on any atom is -0.320 e. The van der Waals surface area contributed by atoms with Crippen LogP contribution in [-0.4, -0.2) is 15.9 Å². The van der Waals surface area contributed by atoms with Gasteiger partial charge in [0.15, 0.2) is 0 Å². The third kappa shape index (κ3) is 2.45. The predicted octanol–water partition coefficient (Wildman–Crippen LogP) is 2.26. The Bertz CT molecular complexity index is 380. The molecule has 84 valence electrons. The number of nitrogens with one attached hydrogen (secondary N) is 1. The van der Waals surface area contributed by atoms with Gasteiger partial charge >= 0.3 is 0 Å². The molecule has 0 unspecified atom stereocenters. The highest BCUT2D eigenvalue weighted by molar-refractivity contribution is 5.98. The first-order chi connectivity index (χ1) is 7.79. The van der Waals surface area contributed by atoms with Gasteiger partial charge in [-0.3, -0.25) is 4.79 Å². The smallest absolute Gasteiger partial charge is 0.247 e. The summed E-state index contributed by atoms with van der Waals surface area (Å²) in [6, 6.07) is 0. The average Bonchev–Trinajstić information content (AvgIpc) is 2.83. The Hall–Kier alpha value is -1.71. The molecule has 0 radical (unpaired) electrons. The van der Waals surface area contributed by atoms with Crippen LogP contribution in [0.25, 0.3) is 0 Å². The fourth-order valence-corrected chi connectivity index (χ4v) is 1.99. The first-order valence-electron chi connectivity index (χ1n) is 5.55. The zero-order valence-corrected chi connectivity index (χ0v) is 9.15. The number of hydrogen-bond donors (Lipinski definition) is 1. The Morgan fingerprint density at radius 2 is 2.00 bits per heavy atom. The summed E-state index contributed by atoms with van der Waals surface area (Å²) in [5, 5.41) is 2.63. The summed E-state index contributed by atoms with van der Waals surface area (Å²) in [4.78, 5) is 19.6. The second-order valence-corrected chi connectivity index (χ2v) is 4.00. The van der Waals surface area contributed by atoms with Gasteiger partial charge < -0.3 is 5.32 Å². The molecule has 1 N–H and O–H groups in total. The first kappa shape index (κ1) is 10.8. The maximum atomic E-state index is 11.0. The van der Waals surface area contributed by atoms with Crippen molar-refractivity contribution in [3.63, 3.8) is 0 Å². The standard InChI is InChI=1S/C12H15N3O/c1-2-11(16)15-10-7-13-12(14-8-10)9-5-3-4-6-9/h2,7-9H,1,3-6H2,(H,15,16). The van der Waals surface area contributed by atoms with E-state index >= 15 is 0 Å². The zero-order valence-electron chi connectivity index (χ0n) is 9.15. The Morgan fingerprint density at radius 1 is 1.38 bits per heavy atom. The van der Waals surface area contributed by atoms with Gasteiger partial charge in [-0.15, -0.1) is 0 Å². The molecule has 16 heavy (non-hydrogen) atoms. The third-order valence-electron chi connectivity index (χ3n) is 2.85. The van der Waals surface area contributed by atoms with Crippen LogP contribution in [0.2, 0.25) is 0 Å². The molecule has 1 fully saturated rings. The number of hydrogen-bond acceptors (Lipinski definition) is 3. The molecule has 1 aliphatic rings. The lowest BCUT2D eigenvalue weighted by molar-refractivity contribution is -0.111. The molecule has 2 rings (SSSR count). The zero-order chi connectivity index (χ0) is 11.4. The van der Waals surface area contributed by atoms with E-state index in [0.717, 1.165) is 5.82 Å². The average molecular weight is 217 g/mol. The van der Waals surface area contributed by atoms with E-state index in [1.807, 2.05) is 0 Å². The maximum absolute atomic E-state index is 11.0. The van der Waals surface area contributed by atoms with Gasteiger partial charge in [0, 0.05) is 5.92 Å². The van der Waals surface area contributed by atoms with Crippen molar-refractivity contribution in [2.75, 3.05) is 5.32 Å². The normalized spacial score (nSPS) is 16.0. The summed E-state index contributed by atoms with van der Waals surface area (Å²) < 4.78 is 0. The van der Waals surface area contributed by atoms with Crippen molar-refractivity contribution in [1.82, 2.24) is 9.97 Å². The van der Waals surface area contributed by atoms with Crippen molar-refractivity contribution < 1.29 is 4.79 Å². The van der Waals surface area contributed by atoms with Gasteiger partial charge in [-0.1, -0.05) is 19.4 Å². The van der Waals surface area contributed by atoms with E-state index in [1.54, 1.807) is 12.4 Å². The summed E-state index contributed by atoms with van der Waals surface area (Å²) in [6.07, 6.45) is 9.43. The van der Waals surface area contributed by atoms with Gasteiger partial charge in [0.2, 0.25) is 5.91 Å². The van der Waals surface area contributed by atoms with Crippen molar-refractivity contribution in [2.24, 2.45) is 0 Å². The summed E-state index contributed by atoms with van der Waals surface area (Å²) >= 11 is 0. The van der Waals surface area contributed by atoms with E-state index in [4.69, 9.17) is 0 Å². The topological polar surface area (TPSA) is 54.9 Å². The number of amides is 1. The van der Waals surface area contributed by atoms with Crippen molar-refractivity contribution >= 4 is 11.6 Å². The summed E-state index contributed by atoms with van der Waals surface area (Å²) in [7, 11) is 0. The largest absolute Gasteiger partial charge is 0.320 e. The number of carbonyl (C=O) groups is 1. The lowest BCUT2D eigenvalue weighted by Crippen LogP contribution is -2.09. The van der Waals surface area contributed by atoms with Crippen LogP contribution in [0.1, 0.15) is 37.4 Å². The molecule has 4 heteroatoms. The number of aromatic nitrogens is 2. The van der Waals surface area contributed by atoms with Gasteiger partial charge in [-0.05, 0) is 18.9 Å². The van der Waals surface area contributed by atoms with Crippen LogP contribution in [0, 0.1) is 0 Å². The fraction of sp³-hybridized carbons (Fsp3) is 0.417. The van der Waals surface area contributed by atoms with Gasteiger partial charge in [0.25, 0.3) is 0 Å². The minimum atomic E-state index is -0.239. The van der Waals surface area contributed by atoms with Crippen LogP contribution in [0.3, 0.4) is 0 Å². The minimum absolute atomic E-state index is 0.239. The molecule has 0 aliphatic heterocycles. The van der Waals surface area contributed by atoms with E-state index in [-0.39, 0.29) is 5.91 Å². The molecule has 0 bridgehead atoms. The van der Waals surface area contributed by atoms with Crippen LogP contribution < -0.4 is 5.32 Å². The summed E-state index contributed by atoms with van der Waals surface area (Å²) in [5.74, 6) is 1.16. The Kier molecular flexibility index (Phi) is 3.29. The lowest BCUT2D eigenvalue weighted by Gasteiger charge is -2.07. The molecule has 1 aliphatic carbocycles. The van der Waals surface area contributed by atoms with Gasteiger partial charge in [0.1, 0.15) is 5.82 Å². The van der Waals surface area contributed by atoms with Crippen LogP contribution in [0.4, 0.5) is 5.69 Å². The highest BCUT2D eigenvalue weighted by Gasteiger charge is 2.19. The molecule has 0 saturated heterocycles. The van der Waals surface area contributed by atoms with Crippen molar-refractivity contribution in [3.8, 4) is 0 Å². The van der Waals surface area contributed by atoms with Crippen LogP contribution in [0.15, 0.2) is 25.0 Å². The molecule has 1 heterocycles. The van der Waals surface area contributed by atoms with E-state index < -0.39 is 0 Å². The van der Waals surface area contributed by atoms with Crippen molar-refractivity contribution in [1.29, 1.82) is 0 Å². The third-order valence-corrected chi connectivity index (χ3v) is 2.85. The lowest BCUT2D eigenvalue weighted by atomic mass is 10.1. The van der Waals surface area contributed by atoms with E-state index in [2.05, 4.69) is 21.9 Å². The predicted molar refractivity (Wildman–Crippen MR) is 62.1 cm³/mol. The Morgan fingerprint density at radius 3 is 2.56 bits per heavy atom. The van der Waals surface area contributed by atoms with E-state index in [0.29, 0.717) is 11.6 Å². The molecular formula is C12H15N3O. The number of nitrogens with zero attached hydrogens (tertiary/aromatic N) is 2. The number of rotatable bonds is 3. The molecule has 0 spiro atoms. The summed E-state index contributed by atoms with van der Waals surface area (Å²) in [5.41, 5.74) is 0.617. The SMILES string of the molecule is C=CC(=O)Nc1cnc(C2CCCC2)nc1. The first-order valence-corrected chi connectivity index (χ1v) is 5.55. The van der Waals surface area contributed by atoms with Crippen molar-refractivity contribution in [3.05, 3.63) is 30.9 Å². The van der Waals surface area contributed by atoms with Crippen LogP contribution in [-0.2, 0) is 4.79 Å². The number of anilines is 1. The van der Waals surface area contributed by atoms with Crippen LogP contribution in [0.5, 0.6) is 0 Å². The second-order valence-electron chi connectivity index (χ2n) is 4.00. The molecule has 1 amide bonds. The summed E-state index contributed by atoms with van der Waals surface area (Å²) in [6.45, 7) is 3.38. The quantitative estimate of drug-likeness (QED) is 0.790. The monoisotopic (exact) mass is 217 g/mol. The van der Waals surface area contributed by atoms with Gasteiger partial charge in [0.05, 0.1) is 18.1 Å². The van der Waals surface area contributed by atoms with E-state index in [1.165, 1.54) is 31.8 Å². The van der Waals surface area contributed by atoms with Gasteiger partial charge in [-0.2, -0.15) is 0 Å². The molecule has 0 atom stereocenters. The fourth-order valence-electron chi connectivity index (χ4n) is 1.99. The maximum Gasteiger partial charge on any atom is 0.247 e. The molecule has 0 aromatic carbocycles. The molecular weight excluding hydrogens is 202 g/mol. The highest BCUT2D eigenvalue weighted by atomic mass is 16.1.